The second kappa shape index (κ2) is 5.69. The van der Waals surface area contributed by atoms with Crippen molar-refractivity contribution in [3.8, 4) is 6.07 Å². The van der Waals surface area contributed by atoms with Gasteiger partial charge in [0.2, 0.25) is 0 Å². The lowest BCUT2D eigenvalue weighted by Gasteiger charge is -2.09. The van der Waals surface area contributed by atoms with E-state index in [1.807, 2.05) is 22.9 Å². The minimum Gasteiger partial charge on any atom is -0.335 e. The summed E-state index contributed by atoms with van der Waals surface area (Å²) in [7, 11) is 0. The van der Waals surface area contributed by atoms with Crippen LogP contribution in [0.3, 0.4) is 0 Å². The Morgan fingerprint density at radius 1 is 1.47 bits per heavy atom. The quantitative estimate of drug-likeness (QED) is 0.514. The van der Waals surface area contributed by atoms with Crippen LogP contribution in [0, 0.1) is 11.3 Å². The third-order valence-electron chi connectivity index (χ3n) is 2.73. The minimum absolute atomic E-state index is 0.342. The maximum absolute atomic E-state index is 11.4. The number of aromatic nitrogens is 1. The average Bonchev–Trinajstić information content (AvgIpc) is 2.87. The number of benzene rings is 1. The molecule has 0 unspecified atom stereocenters. The maximum atomic E-state index is 11.4. The molecule has 0 spiro atoms. The van der Waals surface area contributed by atoms with Crippen molar-refractivity contribution in [2.45, 2.75) is 6.54 Å². The summed E-state index contributed by atoms with van der Waals surface area (Å²) in [5, 5.41) is 8.95. The van der Waals surface area contributed by atoms with Crippen molar-refractivity contribution in [1.29, 1.82) is 5.26 Å². The van der Waals surface area contributed by atoms with Gasteiger partial charge in [-0.3, -0.25) is 10.2 Å². The first-order valence-electron chi connectivity index (χ1n) is 5.50. The van der Waals surface area contributed by atoms with Crippen LogP contribution in [0.1, 0.15) is 21.6 Å². The van der Waals surface area contributed by atoms with Gasteiger partial charge in [0.25, 0.3) is 5.91 Å². The fourth-order valence-corrected chi connectivity index (χ4v) is 2.24. The Morgan fingerprint density at radius 2 is 2.26 bits per heavy atom. The van der Waals surface area contributed by atoms with E-state index in [4.69, 9.17) is 11.1 Å². The van der Waals surface area contributed by atoms with E-state index in [-0.39, 0.29) is 5.91 Å². The molecular formula is C13H11BrN4O. The van der Waals surface area contributed by atoms with Crippen LogP contribution in [0.5, 0.6) is 0 Å². The van der Waals surface area contributed by atoms with Crippen LogP contribution in [0.2, 0.25) is 0 Å². The molecule has 0 atom stereocenters. The number of amides is 1. The number of nitrogens with one attached hydrogen (secondary N) is 1. The summed E-state index contributed by atoms with van der Waals surface area (Å²) in [5.41, 5.74) is 4.13. The normalized spacial score (nSPS) is 9.95. The number of carbonyl (C=O) groups excluding carboxylic acids is 1. The molecule has 1 aromatic carbocycles. The SMILES string of the molecule is N#Cc1cccn1Cc1ccc(C(=O)NN)cc1Br. The van der Waals surface area contributed by atoms with Gasteiger partial charge in [0.1, 0.15) is 11.8 Å². The fourth-order valence-electron chi connectivity index (χ4n) is 1.74. The minimum atomic E-state index is -0.342. The zero-order valence-corrected chi connectivity index (χ0v) is 11.5. The Hall–Kier alpha value is -2.10. The smallest absolute Gasteiger partial charge is 0.265 e. The average molecular weight is 319 g/mol. The monoisotopic (exact) mass is 318 g/mol. The van der Waals surface area contributed by atoms with Crippen LogP contribution in [0.15, 0.2) is 41.0 Å². The number of nitriles is 1. The molecule has 1 aromatic heterocycles. The van der Waals surface area contributed by atoms with E-state index in [1.165, 1.54) is 0 Å². The van der Waals surface area contributed by atoms with Gasteiger partial charge in [-0.1, -0.05) is 22.0 Å². The Balaban J connectivity index is 2.28. The standard InChI is InChI=1S/C13H11BrN4O/c14-12-6-9(13(19)17-16)3-4-10(12)8-18-5-1-2-11(18)7-15/h1-6H,8,16H2,(H,17,19). The Labute approximate surface area is 118 Å². The van der Waals surface area contributed by atoms with Gasteiger partial charge in [0, 0.05) is 22.8 Å². The molecule has 1 amide bonds. The van der Waals surface area contributed by atoms with E-state index in [0.29, 0.717) is 17.8 Å². The zero-order chi connectivity index (χ0) is 13.8. The molecule has 0 fully saturated rings. The van der Waals surface area contributed by atoms with Crippen LogP contribution in [-0.4, -0.2) is 10.5 Å². The Morgan fingerprint density at radius 3 is 2.89 bits per heavy atom. The molecule has 1 heterocycles. The lowest BCUT2D eigenvalue weighted by Crippen LogP contribution is -2.29. The lowest BCUT2D eigenvalue weighted by atomic mass is 10.1. The summed E-state index contributed by atoms with van der Waals surface area (Å²) in [6, 6.07) is 10.9. The second-order valence-electron chi connectivity index (χ2n) is 3.91. The number of hydrazine groups is 1. The molecule has 96 valence electrons. The molecule has 5 nitrogen and oxygen atoms in total. The molecule has 0 aliphatic heterocycles. The number of nitrogens with two attached hydrogens (primary N) is 1. The van der Waals surface area contributed by atoms with Gasteiger partial charge in [-0.2, -0.15) is 5.26 Å². The number of hydrogen-bond donors (Lipinski definition) is 2. The van der Waals surface area contributed by atoms with Gasteiger partial charge in [-0.05, 0) is 29.8 Å². The van der Waals surface area contributed by atoms with E-state index in [1.54, 1.807) is 18.2 Å². The largest absolute Gasteiger partial charge is 0.335 e. The molecule has 0 aliphatic carbocycles. The van der Waals surface area contributed by atoms with Crippen LogP contribution < -0.4 is 11.3 Å². The summed E-state index contributed by atoms with van der Waals surface area (Å²) >= 11 is 3.42. The summed E-state index contributed by atoms with van der Waals surface area (Å²) < 4.78 is 2.63. The van der Waals surface area contributed by atoms with E-state index in [0.717, 1.165) is 10.0 Å². The Kier molecular flexibility index (Phi) is 4.00. The van der Waals surface area contributed by atoms with Crippen molar-refractivity contribution in [2.75, 3.05) is 0 Å². The molecule has 0 radical (unpaired) electrons. The van der Waals surface area contributed by atoms with Crippen LogP contribution in [0.4, 0.5) is 0 Å². The summed E-state index contributed by atoms with van der Waals surface area (Å²) in [5.74, 6) is 4.74. The maximum Gasteiger partial charge on any atom is 0.265 e. The predicted molar refractivity (Wildman–Crippen MR) is 74.0 cm³/mol. The number of rotatable bonds is 3. The summed E-state index contributed by atoms with van der Waals surface area (Å²) in [4.78, 5) is 11.4. The summed E-state index contributed by atoms with van der Waals surface area (Å²) in [6.45, 7) is 0.557. The highest BCUT2D eigenvalue weighted by atomic mass is 79.9. The molecule has 2 rings (SSSR count). The first-order valence-corrected chi connectivity index (χ1v) is 6.29. The van der Waals surface area contributed by atoms with E-state index < -0.39 is 0 Å². The molecule has 0 bridgehead atoms. The molecule has 19 heavy (non-hydrogen) atoms. The summed E-state index contributed by atoms with van der Waals surface area (Å²) in [6.07, 6.45) is 1.84. The molecule has 0 saturated heterocycles. The van der Waals surface area contributed by atoms with Gasteiger partial charge >= 0.3 is 0 Å². The first-order chi connectivity index (χ1) is 9.15. The molecule has 0 aliphatic rings. The molecular weight excluding hydrogens is 308 g/mol. The fraction of sp³-hybridized carbons (Fsp3) is 0.0769. The molecule has 0 saturated carbocycles. The molecule has 6 heteroatoms. The number of halogens is 1. The van der Waals surface area contributed by atoms with E-state index in [9.17, 15) is 4.79 Å². The van der Waals surface area contributed by atoms with Crippen LogP contribution in [0.25, 0.3) is 0 Å². The second-order valence-corrected chi connectivity index (χ2v) is 4.77. The van der Waals surface area contributed by atoms with Crippen molar-refractivity contribution >= 4 is 21.8 Å². The number of hydrogen-bond acceptors (Lipinski definition) is 3. The van der Waals surface area contributed by atoms with Crippen molar-refractivity contribution < 1.29 is 4.79 Å². The predicted octanol–water partition coefficient (Wildman–Crippen LogP) is 1.77. The first kappa shape index (κ1) is 13.3. The van der Waals surface area contributed by atoms with Crippen LogP contribution in [-0.2, 0) is 6.54 Å². The van der Waals surface area contributed by atoms with Crippen LogP contribution >= 0.6 is 15.9 Å². The van der Waals surface area contributed by atoms with Crippen molar-refractivity contribution in [3.05, 3.63) is 57.8 Å². The lowest BCUT2D eigenvalue weighted by molar-refractivity contribution is 0.0953. The van der Waals surface area contributed by atoms with Gasteiger partial charge in [-0.15, -0.1) is 0 Å². The Bertz CT molecular complexity index is 657. The highest BCUT2D eigenvalue weighted by molar-refractivity contribution is 9.10. The molecule has 3 N–H and O–H groups in total. The zero-order valence-electron chi connectivity index (χ0n) is 9.93. The number of nitrogens with zero attached hydrogens (tertiary/aromatic N) is 2. The van der Waals surface area contributed by atoms with Gasteiger partial charge in [-0.25, -0.2) is 5.84 Å². The van der Waals surface area contributed by atoms with E-state index in [2.05, 4.69) is 27.4 Å². The van der Waals surface area contributed by atoms with Crippen molar-refractivity contribution in [2.24, 2.45) is 5.84 Å². The third-order valence-corrected chi connectivity index (χ3v) is 3.47. The van der Waals surface area contributed by atoms with Gasteiger partial charge in [0.05, 0.1) is 0 Å². The van der Waals surface area contributed by atoms with Crippen molar-refractivity contribution in [1.82, 2.24) is 9.99 Å². The highest BCUT2D eigenvalue weighted by Crippen LogP contribution is 2.20. The number of carbonyl (C=O) groups is 1. The van der Waals surface area contributed by atoms with Crippen molar-refractivity contribution in [3.63, 3.8) is 0 Å². The highest BCUT2D eigenvalue weighted by Gasteiger charge is 2.08. The van der Waals surface area contributed by atoms with Gasteiger partial charge < -0.3 is 4.57 Å². The topological polar surface area (TPSA) is 83.8 Å². The number of nitrogen functional groups attached to an aromatic ring is 1. The molecule has 2 aromatic rings. The van der Waals surface area contributed by atoms with E-state index >= 15 is 0 Å². The third kappa shape index (κ3) is 2.84. The van der Waals surface area contributed by atoms with Gasteiger partial charge in [0.15, 0.2) is 0 Å².